The molecular weight excluding hydrogens is 352 g/mol. The van der Waals surface area contributed by atoms with Gasteiger partial charge in [0.05, 0.1) is 25.5 Å². The number of aliphatic hydroxyl groups is 1. The lowest BCUT2D eigenvalue weighted by Crippen LogP contribution is -2.49. The molecule has 0 aromatic heterocycles. The third kappa shape index (κ3) is 4.81. The maximum absolute atomic E-state index is 10.4. The standard InChI is InChI=1S/C23H36N2O3/c1-27-23-5-3-2-4-22(23)25-11-9-24(10-12-25)16-21(26)17-28-13-8-20-15-18-6-7-19(20)14-18/h2-5,18-21,26H,6-17H2,1H3/t18-,19-,20+,21+/m0/s1. The number of β-amino-alcohol motifs (C(OH)–C–C–N with tert-alkyl or cyclic N) is 1. The molecule has 5 nitrogen and oxygen atoms in total. The molecule has 1 heterocycles. The minimum atomic E-state index is -0.391. The number of nitrogens with zero attached hydrogens (tertiary/aromatic N) is 2. The Balaban J connectivity index is 1.12. The molecule has 1 aromatic carbocycles. The highest BCUT2D eigenvalue weighted by molar-refractivity contribution is 5.58. The SMILES string of the molecule is COc1ccccc1N1CCN(C[C@@H](O)COCC[C@@H]2C[C@H]3CC[C@H]2C3)CC1. The number of aliphatic hydroxyl groups excluding tert-OH is 1. The molecule has 2 bridgehead atoms. The summed E-state index contributed by atoms with van der Waals surface area (Å²) in [4.78, 5) is 4.71. The Morgan fingerprint density at radius 3 is 2.64 bits per heavy atom. The van der Waals surface area contributed by atoms with Crippen molar-refractivity contribution in [3.63, 3.8) is 0 Å². The number of hydrogen-bond acceptors (Lipinski definition) is 5. The van der Waals surface area contributed by atoms with Gasteiger partial charge < -0.3 is 19.5 Å². The molecule has 4 atom stereocenters. The summed E-state index contributed by atoms with van der Waals surface area (Å²) in [7, 11) is 1.72. The van der Waals surface area contributed by atoms with E-state index >= 15 is 0 Å². The van der Waals surface area contributed by atoms with Gasteiger partial charge in [-0.05, 0) is 55.6 Å². The highest BCUT2D eigenvalue weighted by Crippen LogP contribution is 2.49. The van der Waals surface area contributed by atoms with Crippen LogP contribution in [0.1, 0.15) is 32.1 Å². The molecule has 0 spiro atoms. The summed E-state index contributed by atoms with van der Waals surface area (Å²) in [6.45, 7) is 5.81. The van der Waals surface area contributed by atoms with Crippen LogP contribution in [0.3, 0.4) is 0 Å². The van der Waals surface area contributed by atoms with Crippen LogP contribution in [-0.2, 0) is 4.74 Å². The zero-order valence-corrected chi connectivity index (χ0v) is 17.3. The number of para-hydroxylation sites is 2. The van der Waals surface area contributed by atoms with Crippen LogP contribution in [0.4, 0.5) is 5.69 Å². The molecule has 2 aliphatic carbocycles. The fourth-order valence-corrected chi connectivity index (χ4v) is 5.60. The molecule has 4 rings (SSSR count). The van der Waals surface area contributed by atoms with E-state index in [1.165, 1.54) is 32.1 Å². The van der Waals surface area contributed by atoms with Crippen LogP contribution < -0.4 is 9.64 Å². The first-order valence-corrected chi connectivity index (χ1v) is 11.1. The quantitative estimate of drug-likeness (QED) is 0.659. The molecular formula is C23H36N2O3. The monoisotopic (exact) mass is 388 g/mol. The van der Waals surface area contributed by atoms with Crippen molar-refractivity contribution in [3.05, 3.63) is 24.3 Å². The summed E-state index contributed by atoms with van der Waals surface area (Å²) in [5, 5.41) is 10.4. The van der Waals surface area contributed by atoms with Crippen LogP contribution in [0, 0.1) is 17.8 Å². The summed E-state index contributed by atoms with van der Waals surface area (Å²) in [5.41, 5.74) is 1.16. The summed E-state index contributed by atoms with van der Waals surface area (Å²) in [5.74, 6) is 3.80. The van der Waals surface area contributed by atoms with E-state index in [-0.39, 0.29) is 0 Å². The summed E-state index contributed by atoms with van der Waals surface area (Å²) in [6, 6.07) is 8.20. The van der Waals surface area contributed by atoms with E-state index in [0.29, 0.717) is 13.2 Å². The van der Waals surface area contributed by atoms with Crippen LogP contribution in [0.15, 0.2) is 24.3 Å². The third-order valence-corrected chi connectivity index (χ3v) is 7.09. The molecule has 3 fully saturated rings. The lowest BCUT2D eigenvalue weighted by molar-refractivity contribution is 0.0100. The van der Waals surface area contributed by atoms with Gasteiger partial charge in [-0.25, -0.2) is 0 Å². The number of methoxy groups -OCH3 is 1. The van der Waals surface area contributed by atoms with E-state index in [4.69, 9.17) is 9.47 Å². The van der Waals surface area contributed by atoms with Crippen LogP contribution in [0.5, 0.6) is 5.75 Å². The molecule has 0 radical (unpaired) electrons. The molecule has 156 valence electrons. The Morgan fingerprint density at radius 2 is 1.93 bits per heavy atom. The lowest BCUT2D eigenvalue weighted by Gasteiger charge is -2.37. The smallest absolute Gasteiger partial charge is 0.142 e. The van der Waals surface area contributed by atoms with Crippen molar-refractivity contribution in [2.24, 2.45) is 17.8 Å². The summed E-state index contributed by atoms with van der Waals surface area (Å²) < 4.78 is 11.3. The Kier molecular flexibility index (Phi) is 6.76. The normalized spacial score (nSPS) is 28.6. The minimum Gasteiger partial charge on any atom is -0.495 e. The van der Waals surface area contributed by atoms with Crippen molar-refractivity contribution >= 4 is 5.69 Å². The van der Waals surface area contributed by atoms with Gasteiger partial charge in [0.15, 0.2) is 0 Å². The molecule has 2 saturated carbocycles. The van der Waals surface area contributed by atoms with Crippen molar-refractivity contribution in [2.75, 3.05) is 57.9 Å². The van der Waals surface area contributed by atoms with E-state index in [1.807, 2.05) is 12.1 Å². The summed E-state index contributed by atoms with van der Waals surface area (Å²) >= 11 is 0. The predicted molar refractivity (Wildman–Crippen MR) is 112 cm³/mol. The van der Waals surface area contributed by atoms with Gasteiger partial charge >= 0.3 is 0 Å². The first-order valence-electron chi connectivity index (χ1n) is 11.1. The number of anilines is 1. The van der Waals surface area contributed by atoms with Gasteiger partial charge in [0, 0.05) is 39.3 Å². The van der Waals surface area contributed by atoms with E-state index in [9.17, 15) is 5.11 Å². The van der Waals surface area contributed by atoms with Gasteiger partial charge in [-0.15, -0.1) is 0 Å². The second kappa shape index (κ2) is 9.47. The zero-order valence-electron chi connectivity index (χ0n) is 17.3. The third-order valence-electron chi connectivity index (χ3n) is 7.09. The van der Waals surface area contributed by atoms with Crippen LogP contribution in [0.2, 0.25) is 0 Å². The van der Waals surface area contributed by atoms with E-state index in [1.54, 1.807) is 7.11 Å². The highest BCUT2D eigenvalue weighted by atomic mass is 16.5. The van der Waals surface area contributed by atoms with Crippen molar-refractivity contribution < 1.29 is 14.6 Å². The lowest BCUT2D eigenvalue weighted by atomic mass is 9.87. The van der Waals surface area contributed by atoms with Gasteiger partial charge in [0.25, 0.3) is 0 Å². The van der Waals surface area contributed by atoms with Crippen molar-refractivity contribution in [2.45, 2.75) is 38.2 Å². The minimum absolute atomic E-state index is 0.391. The largest absolute Gasteiger partial charge is 0.495 e. The molecule has 5 heteroatoms. The van der Waals surface area contributed by atoms with Gasteiger partial charge in [-0.3, -0.25) is 4.90 Å². The van der Waals surface area contributed by atoms with Crippen LogP contribution in [0.25, 0.3) is 0 Å². The number of rotatable bonds is 9. The van der Waals surface area contributed by atoms with Crippen LogP contribution >= 0.6 is 0 Å². The molecule has 28 heavy (non-hydrogen) atoms. The maximum atomic E-state index is 10.4. The van der Waals surface area contributed by atoms with Gasteiger partial charge in [0.2, 0.25) is 0 Å². The van der Waals surface area contributed by atoms with Crippen molar-refractivity contribution in [1.29, 1.82) is 0 Å². The number of hydrogen-bond donors (Lipinski definition) is 1. The van der Waals surface area contributed by atoms with E-state index in [0.717, 1.165) is 62.0 Å². The predicted octanol–water partition coefficient (Wildman–Crippen LogP) is 3.02. The first kappa shape index (κ1) is 20.0. The van der Waals surface area contributed by atoms with Gasteiger partial charge in [0.1, 0.15) is 5.75 Å². The van der Waals surface area contributed by atoms with E-state index in [2.05, 4.69) is 21.9 Å². The molecule has 0 unspecified atom stereocenters. The summed E-state index contributed by atoms with van der Waals surface area (Å²) in [6.07, 6.45) is 6.59. The second-order valence-corrected chi connectivity index (χ2v) is 8.91. The Hall–Kier alpha value is -1.30. The average Bonchev–Trinajstić information content (AvgIpc) is 3.35. The number of fused-ring (bicyclic) bond motifs is 2. The van der Waals surface area contributed by atoms with Crippen LogP contribution in [-0.4, -0.2) is 69.2 Å². The molecule has 1 N–H and O–H groups in total. The van der Waals surface area contributed by atoms with Crippen molar-refractivity contribution in [3.8, 4) is 5.75 Å². The average molecular weight is 389 g/mol. The Labute approximate surface area is 169 Å². The number of benzene rings is 1. The second-order valence-electron chi connectivity index (χ2n) is 8.91. The van der Waals surface area contributed by atoms with Gasteiger partial charge in [-0.1, -0.05) is 18.6 Å². The Bertz CT molecular complexity index is 618. The topological polar surface area (TPSA) is 45.2 Å². The van der Waals surface area contributed by atoms with Crippen molar-refractivity contribution in [1.82, 2.24) is 4.90 Å². The Morgan fingerprint density at radius 1 is 1.11 bits per heavy atom. The number of piperazine rings is 1. The molecule has 1 saturated heterocycles. The fraction of sp³-hybridized carbons (Fsp3) is 0.739. The molecule has 1 aliphatic heterocycles. The molecule has 0 amide bonds. The number of ether oxygens (including phenoxy) is 2. The maximum Gasteiger partial charge on any atom is 0.142 e. The van der Waals surface area contributed by atoms with Gasteiger partial charge in [-0.2, -0.15) is 0 Å². The first-order chi connectivity index (χ1) is 13.7. The molecule has 1 aromatic rings. The van der Waals surface area contributed by atoms with E-state index < -0.39 is 6.10 Å². The zero-order chi connectivity index (χ0) is 19.3. The molecule has 3 aliphatic rings. The fourth-order valence-electron chi connectivity index (χ4n) is 5.60. The highest BCUT2D eigenvalue weighted by Gasteiger charge is 2.38.